The van der Waals surface area contributed by atoms with E-state index in [-0.39, 0.29) is 28.8 Å². The van der Waals surface area contributed by atoms with Gasteiger partial charge in [-0.3, -0.25) is 9.78 Å². The Kier molecular flexibility index (Phi) is 6.74. The molecule has 0 aliphatic heterocycles. The fraction of sp³-hybridized carbons (Fsp3) is 0.444. The third kappa shape index (κ3) is 5.05. The van der Waals surface area contributed by atoms with Crippen LogP contribution < -0.4 is 4.90 Å². The number of anilines is 1. The van der Waals surface area contributed by atoms with Crippen molar-refractivity contribution in [1.29, 1.82) is 0 Å². The number of aromatic nitrogens is 3. The summed E-state index contributed by atoms with van der Waals surface area (Å²) >= 11 is 7.51. The molecule has 3 rings (SSSR count). The highest BCUT2D eigenvalue weighted by Crippen LogP contribution is 2.50. The van der Waals surface area contributed by atoms with E-state index in [9.17, 15) is 13.6 Å². The zero-order chi connectivity index (χ0) is 21.0. The number of carbonyl (C=O) groups is 1. The Bertz CT molecular complexity index is 894. The zero-order valence-electron chi connectivity index (χ0n) is 15.9. The van der Waals surface area contributed by atoms with Gasteiger partial charge in [0.2, 0.25) is 0 Å². The van der Waals surface area contributed by atoms with Gasteiger partial charge in [0, 0.05) is 36.6 Å². The highest BCUT2D eigenvalue weighted by atomic mass is 35.5. The SMILES string of the molecule is CCN(C(=O)C(CSCC1CC1(F)F)=NOC)c1cn(-c2cccnc2)nc1Cl. The Morgan fingerprint density at radius 3 is 2.90 bits per heavy atom. The van der Waals surface area contributed by atoms with Crippen LogP contribution in [-0.2, 0) is 9.63 Å². The van der Waals surface area contributed by atoms with Crippen LogP contribution >= 0.6 is 23.4 Å². The normalized spacial score (nSPS) is 17.8. The molecule has 156 valence electrons. The summed E-state index contributed by atoms with van der Waals surface area (Å²) in [6.45, 7) is 2.10. The first-order valence-electron chi connectivity index (χ1n) is 8.90. The highest BCUT2D eigenvalue weighted by molar-refractivity contribution is 8.00. The fourth-order valence-electron chi connectivity index (χ4n) is 2.71. The number of rotatable bonds is 9. The molecule has 29 heavy (non-hydrogen) atoms. The van der Waals surface area contributed by atoms with Crippen molar-refractivity contribution in [3.05, 3.63) is 35.9 Å². The van der Waals surface area contributed by atoms with Crippen LogP contribution in [0.15, 0.2) is 35.9 Å². The first-order valence-corrected chi connectivity index (χ1v) is 10.4. The molecule has 0 spiro atoms. The molecule has 2 aromatic heterocycles. The van der Waals surface area contributed by atoms with Gasteiger partial charge in [0.15, 0.2) is 10.9 Å². The molecule has 0 radical (unpaired) electrons. The molecular weight excluding hydrogens is 424 g/mol. The molecular formula is C18H20ClF2N5O2S. The molecule has 2 aromatic rings. The van der Waals surface area contributed by atoms with E-state index in [0.29, 0.717) is 17.9 Å². The average Bonchev–Trinajstić information content (AvgIpc) is 3.13. The quantitative estimate of drug-likeness (QED) is 0.437. The number of nitrogens with zero attached hydrogens (tertiary/aromatic N) is 5. The van der Waals surface area contributed by atoms with Gasteiger partial charge in [0.25, 0.3) is 11.8 Å². The molecule has 1 aliphatic rings. The van der Waals surface area contributed by atoms with Gasteiger partial charge in [0.05, 0.1) is 18.1 Å². The lowest BCUT2D eigenvalue weighted by Crippen LogP contribution is -2.37. The van der Waals surface area contributed by atoms with Gasteiger partial charge in [-0.25, -0.2) is 13.5 Å². The molecule has 2 heterocycles. The summed E-state index contributed by atoms with van der Waals surface area (Å²) in [5.74, 6) is -3.23. The summed E-state index contributed by atoms with van der Waals surface area (Å²) in [4.78, 5) is 23.3. The van der Waals surface area contributed by atoms with Crippen molar-refractivity contribution in [2.45, 2.75) is 19.3 Å². The lowest BCUT2D eigenvalue weighted by atomic mass is 10.3. The molecule has 1 fully saturated rings. The number of hydrogen-bond acceptors (Lipinski definition) is 6. The fourth-order valence-corrected chi connectivity index (χ4v) is 4.08. The minimum atomic E-state index is -2.58. The number of thioether (sulfide) groups is 1. The molecule has 11 heteroatoms. The third-order valence-electron chi connectivity index (χ3n) is 4.38. The van der Waals surface area contributed by atoms with Crippen molar-refractivity contribution in [2.24, 2.45) is 11.1 Å². The van der Waals surface area contributed by atoms with E-state index in [4.69, 9.17) is 16.4 Å². The van der Waals surface area contributed by atoms with E-state index < -0.39 is 17.7 Å². The predicted molar refractivity (Wildman–Crippen MR) is 109 cm³/mol. The monoisotopic (exact) mass is 443 g/mol. The van der Waals surface area contributed by atoms with Crippen LogP contribution in [0.25, 0.3) is 5.69 Å². The number of carbonyl (C=O) groups excluding carboxylic acids is 1. The molecule has 1 atom stereocenters. The molecule has 1 aliphatic carbocycles. The van der Waals surface area contributed by atoms with Crippen molar-refractivity contribution in [2.75, 3.05) is 30.1 Å². The number of amides is 1. The van der Waals surface area contributed by atoms with Crippen LogP contribution in [0.3, 0.4) is 0 Å². The third-order valence-corrected chi connectivity index (χ3v) is 5.76. The van der Waals surface area contributed by atoms with E-state index in [2.05, 4.69) is 15.2 Å². The number of pyridine rings is 1. The summed E-state index contributed by atoms with van der Waals surface area (Å²) in [6.07, 6.45) is 4.78. The van der Waals surface area contributed by atoms with Gasteiger partial charge >= 0.3 is 0 Å². The first kappa shape index (κ1) is 21.5. The smallest absolute Gasteiger partial charge is 0.277 e. The second-order valence-electron chi connectivity index (χ2n) is 6.41. The molecule has 1 amide bonds. The second kappa shape index (κ2) is 9.08. The molecule has 7 nitrogen and oxygen atoms in total. The molecule has 0 saturated heterocycles. The van der Waals surface area contributed by atoms with Gasteiger partial charge in [-0.05, 0) is 19.1 Å². The minimum absolute atomic E-state index is 0.102. The maximum atomic E-state index is 13.0. The van der Waals surface area contributed by atoms with E-state index in [1.807, 2.05) is 0 Å². The molecule has 0 aromatic carbocycles. The van der Waals surface area contributed by atoms with E-state index in [1.54, 1.807) is 37.6 Å². The first-order chi connectivity index (χ1) is 13.9. The van der Waals surface area contributed by atoms with Crippen molar-refractivity contribution in [1.82, 2.24) is 14.8 Å². The summed E-state index contributed by atoms with van der Waals surface area (Å²) in [7, 11) is 1.33. The number of hydrogen-bond donors (Lipinski definition) is 0. The van der Waals surface area contributed by atoms with E-state index in [1.165, 1.54) is 28.5 Å². The lowest BCUT2D eigenvalue weighted by Gasteiger charge is -2.20. The zero-order valence-corrected chi connectivity index (χ0v) is 17.5. The van der Waals surface area contributed by atoms with Crippen molar-refractivity contribution < 1.29 is 18.4 Å². The standard InChI is InChI=1S/C18H20ClF2N5O2S/c1-3-25(15-9-26(23-16(15)19)13-5-4-6-22-8-13)17(27)14(24-28-2)11-29-10-12-7-18(12,20)21/h4-6,8-9,12H,3,7,10-11H2,1-2H3. The largest absolute Gasteiger partial charge is 0.399 e. The van der Waals surface area contributed by atoms with Crippen LogP contribution in [-0.4, -0.2) is 57.5 Å². The van der Waals surface area contributed by atoms with Gasteiger partial charge in [-0.2, -0.15) is 16.9 Å². The van der Waals surface area contributed by atoms with Gasteiger partial charge < -0.3 is 9.74 Å². The Morgan fingerprint density at radius 1 is 1.55 bits per heavy atom. The van der Waals surface area contributed by atoms with E-state index >= 15 is 0 Å². The van der Waals surface area contributed by atoms with E-state index in [0.717, 1.165) is 0 Å². The Labute approximate surface area is 176 Å². The number of oxime groups is 1. The second-order valence-corrected chi connectivity index (χ2v) is 7.80. The maximum Gasteiger partial charge on any atom is 0.277 e. The molecule has 1 unspecified atom stereocenters. The number of halogens is 3. The van der Waals surface area contributed by atoms with Crippen LogP contribution in [0.1, 0.15) is 13.3 Å². The van der Waals surface area contributed by atoms with Crippen LogP contribution in [0.2, 0.25) is 5.15 Å². The van der Waals surface area contributed by atoms with Gasteiger partial charge in [0.1, 0.15) is 12.8 Å². The van der Waals surface area contributed by atoms with Crippen molar-refractivity contribution in [3.63, 3.8) is 0 Å². The summed E-state index contributed by atoms with van der Waals surface area (Å²) < 4.78 is 27.6. The van der Waals surface area contributed by atoms with Gasteiger partial charge in [-0.1, -0.05) is 16.8 Å². The number of alkyl halides is 2. The Balaban J connectivity index is 1.74. The van der Waals surface area contributed by atoms with Crippen LogP contribution in [0.5, 0.6) is 0 Å². The lowest BCUT2D eigenvalue weighted by molar-refractivity contribution is -0.112. The average molecular weight is 444 g/mol. The topological polar surface area (TPSA) is 72.6 Å². The van der Waals surface area contributed by atoms with Crippen LogP contribution in [0.4, 0.5) is 14.5 Å². The van der Waals surface area contributed by atoms with Gasteiger partial charge in [-0.15, -0.1) is 0 Å². The Morgan fingerprint density at radius 2 is 2.31 bits per heavy atom. The molecule has 0 bridgehead atoms. The van der Waals surface area contributed by atoms with Crippen molar-refractivity contribution in [3.8, 4) is 5.69 Å². The highest BCUT2D eigenvalue weighted by Gasteiger charge is 2.56. The summed E-state index contributed by atoms with van der Waals surface area (Å²) in [6, 6.07) is 3.57. The molecule has 0 N–H and O–H groups in total. The molecule has 1 saturated carbocycles. The van der Waals surface area contributed by atoms with Crippen molar-refractivity contribution >= 4 is 40.7 Å². The summed E-state index contributed by atoms with van der Waals surface area (Å²) in [5.41, 5.74) is 1.22. The van der Waals surface area contributed by atoms with Crippen LogP contribution in [0, 0.1) is 5.92 Å². The maximum absolute atomic E-state index is 13.0. The minimum Gasteiger partial charge on any atom is -0.399 e. The Hall–Kier alpha value is -2.20. The predicted octanol–water partition coefficient (Wildman–Crippen LogP) is 3.66. The summed E-state index contributed by atoms with van der Waals surface area (Å²) in [5, 5.41) is 8.18.